The molecule has 12 heteroatoms. The molecule has 2 N–H and O–H groups in total. The topological polar surface area (TPSA) is 111 Å². The molecule has 2 aromatic rings. The molecular formula is C17H20F3N3O5S. The molecule has 0 spiro atoms. The lowest BCUT2D eigenvalue weighted by Gasteiger charge is -2.12. The number of sulfonamides is 1. The highest BCUT2D eigenvalue weighted by atomic mass is 32.2. The van der Waals surface area contributed by atoms with Crippen molar-refractivity contribution >= 4 is 21.7 Å². The Labute approximate surface area is 165 Å². The monoisotopic (exact) mass is 435 g/mol. The predicted octanol–water partition coefficient (Wildman–Crippen LogP) is 3.18. The molecule has 0 fully saturated rings. The summed E-state index contributed by atoms with van der Waals surface area (Å²) < 4.78 is 71.7. The highest BCUT2D eigenvalue weighted by molar-refractivity contribution is 7.89. The molecule has 0 aliphatic heterocycles. The Bertz CT molecular complexity index is 948. The van der Waals surface area contributed by atoms with Crippen molar-refractivity contribution in [3.05, 3.63) is 36.1 Å². The molecule has 1 amide bonds. The Balaban J connectivity index is 1.87. The first kappa shape index (κ1) is 22.7. The fraction of sp³-hybridized carbons (Fsp3) is 0.412. The summed E-state index contributed by atoms with van der Waals surface area (Å²) in [6.07, 6.45) is -5.06. The van der Waals surface area contributed by atoms with Gasteiger partial charge in [-0.15, -0.1) is 13.2 Å². The maximum atomic E-state index is 12.1. The van der Waals surface area contributed by atoms with Gasteiger partial charge in [0.1, 0.15) is 11.5 Å². The number of carbonyl (C=O) groups is 1. The van der Waals surface area contributed by atoms with E-state index >= 15 is 0 Å². The first-order valence-corrected chi connectivity index (χ1v) is 9.87. The SMILES string of the molecule is CC(C)(C)c1cc(NC(=O)CCNS(=O)(=O)c2ccc(OC(F)(F)F)cc2)no1. The largest absolute Gasteiger partial charge is 0.573 e. The lowest BCUT2D eigenvalue weighted by Crippen LogP contribution is -2.28. The summed E-state index contributed by atoms with van der Waals surface area (Å²) in [5, 5.41) is 6.21. The standard InChI is InChI=1S/C17H20F3N3O5S/c1-16(2,3)13-10-14(23-28-13)22-15(24)8-9-21-29(25,26)12-6-4-11(5-7-12)27-17(18,19)20/h4-7,10,21H,8-9H2,1-3H3,(H,22,23,24). The second kappa shape index (κ2) is 8.41. The Morgan fingerprint density at radius 2 is 1.79 bits per heavy atom. The van der Waals surface area contributed by atoms with Crippen molar-refractivity contribution in [2.45, 2.75) is 43.9 Å². The van der Waals surface area contributed by atoms with Crippen molar-refractivity contribution in [2.75, 3.05) is 11.9 Å². The quantitative estimate of drug-likeness (QED) is 0.691. The van der Waals surface area contributed by atoms with Crippen LogP contribution in [0.5, 0.6) is 5.75 Å². The Morgan fingerprint density at radius 3 is 2.31 bits per heavy atom. The molecule has 0 saturated heterocycles. The van der Waals surface area contributed by atoms with Gasteiger partial charge >= 0.3 is 6.36 Å². The van der Waals surface area contributed by atoms with Crippen LogP contribution in [0.4, 0.5) is 19.0 Å². The minimum atomic E-state index is -4.87. The van der Waals surface area contributed by atoms with Crippen LogP contribution in [0.25, 0.3) is 0 Å². The van der Waals surface area contributed by atoms with Crippen LogP contribution in [0.3, 0.4) is 0 Å². The van der Waals surface area contributed by atoms with Crippen molar-refractivity contribution < 1.29 is 35.6 Å². The number of amides is 1. The summed E-state index contributed by atoms with van der Waals surface area (Å²) in [4.78, 5) is 11.7. The van der Waals surface area contributed by atoms with Gasteiger partial charge in [-0.2, -0.15) is 0 Å². The molecule has 0 unspecified atom stereocenters. The zero-order valence-electron chi connectivity index (χ0n) is 15.8. The summed E-state index contributed by atoms with van der Waals surface area (Å²) in [6.45, 7) is 5.51. The van der Waals surface area contributed by atoms with Crippen LogP contribution in [0.1, 0.15) is 33.0 Å². The average molecular weight is 435 g/mol. The first-order valence-electron chi connectivity index (χ1n) is 8.39. The van der Waals surface area contributed by atoms with Crippen LogP contribution in [0.15, 0.2) is 39.8 Å². The van der Waals surface area contributed by atoms with E-state index < -0.39 is 28.0 Å². The second-order valence-corrected chi connectivity index (χ2v) is 8.81. The van der Waals surface area contributed by atoms with Gasteiger partial charge in [0.2, 0.25) is 15.9 Å². The van der Waals surface area contributed by atoms with E-state index in [4.69, 9.17) is 4.52 Å². The number of ether oxygens (including phenoxy) is 1. The number of carbonyl (C=O) groups excluding carboxylic acids is 1. The van der Waals surface area contributed by atoms with E-state index in [-0.39, 0.29) is 29.1 Å². The molecule has 29 heavy (non-hydrogen) atoms. The van der Waals surface area contributed by atoms with E-state index in [0.29, 0.717) is 5.76 Å². The maximum absolute atomic E-state index is 12.1. The molecule has 0 aliphatic rings. The molecule has 1 aromatic carbocycles. The van der Waals surface area contributed by atoms with Crippen LogP contribution in [-0.2, 0) is 20.2 Å². The molecule has 0 saturated carbocycles. The average Bonchev–Trinajstić information content (AvgIpc) is 3.02. The van der Waals surface area contributed by atoms with E-state index in [9.17, 15) is 26.4 Å². The van der Waals surface area contributed by atoms with Gasteiger partial charge in [-0.1, -0.05) is 25.9 Å². The molecule has 160 valence electrons. The normalized spacial score (nSPS) is 12.6. The summed E-state index contributed by atoms with van der Waals surface area (Å²) in [5.74, 6) is -0.247. The molecule has 0 atom stereocenters. The van der Waals surface area contributed by atoms with Gasteiger partial charge in [0.15, 0.2) is 5.82 Å². The lowest BCUT2D eigenvalue weighted by molar-refractivity contribution is -0.274. The third kappa shape index (κ3) is 7.06. The lowest BCUT2D eigenvalue weighted by atomic mass is 9.93. The van der Waals surface area contributed by atoms with Gasteiger partial charge in [0.25, 0.3) is 0 Å². The second-order valence-electron chi connectivity index (χ2n) is 7.04. The molecular weight excluding hydrogens is 415 g/mol. The van der Waals surface area contributed by atoms with Crippen molar-refractivity contribution in [3.8, 4) is 5.75 Å². The zero-order chi connectivity index (χ0) is 21.9. The maximum Gasteiger partial charge on any atom is 0.573 e. The van der Waals surface area contributed by atoms with Gasteiger partial charge in [0, 0.05) is 24.4 Å². The van der Waals surface area contributed by atoms with Crippen LogP contribution in [0.2, 0.25) is 0 Å². The third-order valence-electron chi connectivity index (χ3n) is 3.53. The van der Waals surface area contributed by atoms with E-state index in [0.717, 1.165) is 24.3 Å². The number of nitrogens with zero attached hydrogens (tertiary/aromatic N) is 1. The van der Waals surface area contributed by atoms with Crippen molar-refractivity contribution in [1.82, 2.24) is 9.88 Å². The smallest absolute Gasteiger partial charge is 0.406 e. The number of hydrogen-bond donors (Lipinski definition) is 2. The molecule has 2 rings (SSSR count). The van der Waals surface area contributed by atoms with Crippen molar-refractivity contribution in [1.29, 1.82) is 0 Å². The predicted molar refractivity (Wildman–Crippen MR) is 96.8 cm³/mol. The van der Waals surface area contributed by atoms with Crippen LogP contribution >= 0.6 is 0 Å². The molecule has 0 radical (unpaired) electrons. The summed E-state index contributed by atoms with van der Waals surface area (Å²) in [7, 11) is -4.01. The molecule has 1 heterocycles. The number of anilines is 1. The van der Waals surface area contributed by atoms with E-state index in [2.05, 4.69) is 19.9 Å². The van der Waals surface area contributed by atoms with Crippen LogP contribution in [-0.4, -0.2) is 32.4 Å². The van der Waals surface area contributed by atoms with Gasteiger partial charge in [-0.3, -0.25) is 4.79 Å². The molecule has 8 nitrogen and oxygen atoms in total. The fourth-order valence-electron chi connectivity index (χ4n) is 2.10. The minimum absolute atomic E-state index is 0.188. The van der Waals surface area contributed by atoms with Crippen LogP contribution in [0, 0.1) is 0 Å². The van der Waals surface area contributed by atoms with E-state index in [1.165, 1.54) is 0 Å². The summed E-state index contributed by atoms with van der Waals surface area (Å²) in [6, 6.07) is 5.27. The number of nitrogens with one attached hydrogen (secondary N) is 2. The van der Waals surface area contributed by atoms with Crippen molar-refractivity contribution in [2.24, 2.45) is 0 Å². The number of benzene rings is 1. The molecule has 0 bridgehead atoms. The highest BCUT2D eigenvalue weighted by Crippen LogP contribution is 2.25. The highest BCUT2D eigenvalue weighted by Gasteiger charge is 2.31. The summed E-state index contributed by atoms with van der Waals surface area (Å²) in [5.41, 5.74) is -0.285. The first-order chi connectivity index (χ1) is 13.3. The van der Waals surface area contributed by atoms with E-state index in [1.807, 2.05) is 20.8 Å². The Morgan fingerprint density at radius 1 is 1.17 bits per heavy atom. The number of alkyl halides is 3. The number of hydrogen-bond acceptors (Lipinski definition) is 6. The Kier molecular flexibility index (Phi) is 6.58. The van der Waals surface area contributed by atoms with Crippen LogP contribution < -0.4 is 14.8 Å². The fourth-order valence-corrected chi connectivity index (χ4v) is 3.13. The van der Waals surface area contributed by atoms with Crippen molar-refractivity contribution in [3.63, 3.8) is 0 Å². The van der Waals surface area contributed by atoms with Gasteiger partial charge < -0.3 is 14.6 Å². The minimum Gasteiger partial charge on any atom is -0.406 e. The number of aromatic nitrogens is 1. The van der Waals surface area contributed by atoms with E-state index in [1.54, 1.807) is 6.07 Å². The van der Waals surface area contributed by atoms with Gasteiger partial charge in [-0.05, 0) is 24.3 Å². The third-order valence-corrected chi connectivity index (χ3v) is 5.01. The molecule has 1 aromatic heterocycles. The van der Waals surface area contributed by atoms with Gasteiger partial charge in [0.05, 0.1) is 4.90 Å². The number of rotatable bonds is 7. The Hall–Kier alpha value is -2.60. The number of halogens is 3. The zero-order valence-corrected chi connectivity index (χ0v) is 16.6. The molecule has 0 aliphatic carbocycles. The van der Waals surface area contributed by atoms with Gasteiger partial charge in [-0.25, -0.2) is 13.1 Å². The summed E-state index contributed by atoms with van der Waals surface area (Å²) >= 11 is 0.